The zero-order valence-electron chi connectivity index (χ0n) is 12.3. The number of carbonyl (C=O) groups excluding carboxylic acids is 1. The van der Waals surface area contributed by atoms with Crippen molar-refractivity contribution in [2.45, 2.75) is 19.4 Å². The van der Waals surface area contributed by atoms with Gasteiger partial charge in [0.2, 0.25) is 5.91 Å². The first kappa shape index (κ1) is 17.8. The van der Waals surface area contributed by atoms with Crippen molar-refractivity contribution in [1.29, 1.82) is 0 Å². The fourth-order valence-electron chi connectivity index (χ4n) is 2.50. The first-order chi connectivity index (χ1) is 9.72. The van der Waals surface area contributed by atoms with Crippen LogP contribution in [0.3, 0.4) is 0 Å². The molecule has 5 nitrogen and oxygen atoms in total. The lowest BCUT2D eigenvalue weighted by Crippen LogP contribution is -2.49. The van der Waals surface area contributed by atoms with Gasteiger partial charge in [-0.1, -0.05) is 18.2 Å². The molecular weight excluding hydrogens is 292 g/mol. The standard InChI is InChI=1S/C15H22N2O3.ClH/c1-19-13-5-3-2-4-12(13)10-17-14(18)15(11-16)6-8-20-9-7-15;/h2-5H,6-11,16H2,1H3,(H,17,18);1H. The van der Waals surface area contributed by atoms with Crippen molar-refractivity contribution in [2.75, 3.05) is 26.9 Å². The topological polar surface area (TPSA) is 73.6 Å². The number of rotatable bonds is 5. The summed E-state index contributed by atoms with van der Waals surface area (Å²) in [6.45, 7) is 2.00. The Hall–Kier alpha value is -1.30. The molecule has 3 N–H and O–H groups in total. The summed E-state index contributed by atoms with van der Waals surface area (Å²) >= 11 is 0. The number of amides is 1. The van der Waals surface area contributed by atoms with Gasteiger partial charge in [0.1, 0.15) is 5.75 Å². The van der Waals surface area contributed by atoms with Crippen LogP contribution in [0, 0.1) is 5.41 Å². The zero-order chi connectivity index (χ0) is 14.4. The number of hydrogen-bond acceptors (Lipinski definition) is 4. The van der Waals surface area contributed by atoms with Crippen molar-refractivity contribution in [3.8, 4) is 5.75 Å². The molecule has 1 aromatic carbocycles. The second-order valence-electron chi connectivity index (χ2n) is 5.09. The van der Waals surface area contributed by atoms with Gasteiger partial charge in [-0.3, -0.25) is 4.79 Å². The highest BCUT2D eigenvalue weighted by atomic mass is 35.5. The monoisotopic (exact) mass is 314 g/mol. The van der Waals surface area contributed by atoms with E-state index in [-0.39, 0.29) is 18.3 Å². The molecule has 1 fully saturated rings. The SMILES string of the molecule is COc1ccccc1CNC(=O)C1(CN)CCOCC1.Cl. The van der Waals surface area contributed by atoms with Crippen molar-refractivity contribution in [1.82, 2.24) is 5.32 Å². The molecule has 1 amide bonds. The molecule has 0 spiro atoms. The normalized spacial score (nSPS) is 16.7. The van der Waals surface area contributed by atoms with Gasteiger partial charge in [0.15, 0.2) is 0 Å². The Morgan fingerprint density at radius 2 is 2.05 bits per heavy atom. The third-order valence-corrected chi connectivity index (χ3v) is 3.95. The van der Waals surface area contributed by atoms with Crippen LogP contribution in [-0.2, 0) is 16.1 Å². The smallest absolute Gasteiger partial charge is 0.227 e. The molecule has 1 aliphatic rings. The van der Waals surface area contributed by atoms with E-state index >= 15 is 0 Å². The number of hydrogen-bond donors (Lipinski definition) is 2. The molecule has 0 saturated carbocycles. The summed E-state index contributed by atoms with van der Waals surface area (Å²) < 4.78 is 10.6. The van der Waals surface area contributed by atoms with E-state index < -0.39 is 5.41 Å². The van der Waals surface area contributed by atoms with Crippen LogP contribution in [-0.4, -0.2) is 32.8 Å². The van der Waals surface area contributed by atoms with Crippen molar-refractivity contribution in [3.63, 3.8) is 0 Å². The summed E-state index contributed by atoms with van der Waals surface area (Å²) in [6.07, 6.45) is 1.36. The Morgan fingerprint density at radius 3 is 2.67 bits per heavy atom. The minimum Gasteiger partial charge on any atom is -0.496 e. The van der Waals surface area contributed by atoms with Crippen LogP contribution in [0.2, 0.25) is 0 Å². The molecule has 6 heteroatoms. The molecule has 0 radical (unpaired) electrons. The summed E-state index contributed by atoms with van der Waals surface area (Å²) in [4.78, 5) is 12.4. The van der Waals surface area contributed by atoms with E-state index in [1.807, 2.05) is 24.3 Å². The summed E-state index contributed by atoms with van der Waals surface area (Å²) in [5.74, 6) is 0.788. The fourth-order valence-corrected chi connectivity index (χ4v) is 2.50. The molecule has 0 bridgehead atoms. The van der Waals surface area contributed by atoms with E-state index in [0.29, 0.717) is 39.1 Å². The molecule has 0 aliphatic carbocycles. The Labute approximate surface area is 131 Å². The Kier molecular flexibility index (Phi) is 6.95. The highest BCUT2D eigenvalue weighted by molar-refractivity contribution is 5.85. The number of methoxy groups -OCH3 is 1. The fraction of sp³-hybridized carbons (Fsp3) is 0.533. The lowest BCUT2D eigenvalue weighted by Gasteiger charge is -2.34. The van der Waals surface area contributed by atoms with Crippen LogP contribution in [0.5, 0.6) is 5.75 Å². The van der Waals surface area contributed by atoms with Gasteiger partial charge in [-0.2, -0.15) is 0 Å². The van der Waals surface area contributed by atoms with Gasteiger partial charge in [0.05, 0.1) is 12.5 Å². The molecule has 1 aromatic rings. The van der Waals surface area contributed by atoms with E-state index in [1.54, 1.807) is 7.11 Å². The Balaban J connectivity index is 0.00000220. The molecule has 2 rings (SSSR count). The van der Waals surface area contributed by atoms with Gasteiger partial charge in [-0.25, -0.2) is 0 Å². The zero-order valence-corrected chi connectivity index (χ0v) is 13.1. The summed E-state index contributed by atoms with van der Waals surface area (Å²) in [6, 6.07) is 7.66. The lowest BCUT2D eigenvalue weighted by molar-refractivity contribution is -0.136. The van der Waals surface area contributed by atoms with Crippen molar-refractivity contribution in [2.24, 2.45) is 11.1 Å². The van der Waals surface area contributed by atoms with Gasteiger partial charge < -0.3 is 20.5 Å². The maximum Gasteiger partial charge on any atom is 0.227 e. The summed E-state index contributed by atoms with van der Waals surface area (Å²) in [5, 5.41) is 2.98. The number of halogens is 1. The Morgan fingerprint density at radius 1 is 1.38 bits per heavy atom. The maximum absolute atomic E-state index is 12.4. The van der Waals surface area contributed by atoms with Gasteiger partial charge in [-0.15, -0.1) is 12.4 Å². The molecule has 0 unspecified atom stereocenters. The van der Waals surface area contributed by atoms with Gasteiger partial charge in [0, 0.05) is 31.9 Å². The predicted octanol–water partition coefficient (Wildman–Crippen LogP) is 1.49. The van der Waals surface area contributed by atoms with E-state index in [9.17, 15) is 4.79 Å². The summed E-state index contributed by atoms with van der Waals surface area (Å²) in [5.41, 5.74) is 6.30. The number of benzene rings is 1. The largest absolute Gasteiger partial charge is 0.496 e. The lowest BCUT2D eigenvalue weighted by atomic mass is 9.79. The second-order valence-corrected chi connectivity index (χ2v) is 5.09. The molecule has 1 saturated heterocycles. The first-order valence-electron chi connectivity index (χ1n) is 6.90. The van der Waals surface area contributed by atoms with E-state index in [1.165, 1.54) is 0 Å². The summed E-state index contributed by atoms with van der Waals surface area (Å²) in [7, 11) is 1.63. The van der Waals surface area contributed by atoms with Crippen LogP contribution in [0.25, 0.3) is 0 Å². The van der Waals surface area contributed by atoms with Gasteiger partial charge >= 0.3 is 0 Å². The molecule has 0 atom stereocenters. The third kappa shape index (κ3) is 4.09. The number of carbonyl (C=O) groups is 1. The molecular formula is C15H23ClN2O3. The highest BCUT2D eigenvalue weighted by Crippen LogP contribution is 2.29. The molecule has 1 heterocycles. The minimum absolute atomic E-state index is 0. The number of nitrogens with two attached hydrogens (primary N) is 1. The molecule has 1 aliphatic heterocycles. The van der Waals surface area contributed by atoms with Crippen molar-refractivity contribution in [3.05, 3.63) is 29.8 Å². The van der Waals surface area contributed by atoms with Crippen LogP contribution < -0.4 is 15.8 Å². The molecule has 118 valence electrons. The maximum atomic E-state index is 12.4. The van der Waals surface area contributed by atoms with Crippen LogP contribution in [0.15, 0.2) is 24.3 Å². The van der Waals surface area contributed by atoms with E-state index in [0.717, 1.165) is 11.3 Å². The number of para-hydroxylation sites is 1. The van der Waals surface area contributed by atoms with E-state index in [2.05, 4.69) is 5.32 Å². The van der Waals surface area contributed by atoms with Gasteiger partial charge in [0.25, 0.3) is 0 Å². The first-order valence-corrected chi connectivity index (χ1v) is 6.90. The minimum atomic E-state index is -0.486. The average Bonchev–Trinajstić information content (AvgIpc) is 2.53. The van der Waals surface area contributed by atoms with Crippen molar-refractivity contribution < 1.29 is 14.3 Å². The molecule has 0 aromatic heterocycles. The molecule has 21 heavy (non-hydrogen) atoms. The van der Waals surface area contributed by atoms with Crippen LogP contribution in [0.1, 0.15) is 18.4 Å². The average molecular weight is 315 g/mol. The highest BCUT2D eigenvalue weighted by Gasteiger charge is 2.38. The van der Waals surface area contributed by atoms with Crippen LogP contribution >= 0.6 is 12.4 Å². The van der Waals surface area contributed by atoms with Gasteiger partial charge in [-0.05, 0) is 18.9 Å². The quantitative estimate of drug-likeness (QED) is 0.863. The predicted molar refractivity (Wildman–Crippen MR) is 83.6 cm³/mol. The second kappa shape index (κ2) is 8.22. The number of ether oxygens (including phenoxy) is 2. The number of nitrogens with one attached hydrogen (secondary N) is 1. The van der Waals surface area contributed by atoms with E-state index in [4.69, 9.17) is 15.2 Å². The van der Waals surface area contributed by atoms with Crippen LogP contribution in [0.4, 0.5) is 0 Å². The third-order valence-electron chi connectivity index (χ3n) is 3.95. The Bertz CT molecular complexity index is 462. The van der Waals surface area contributed by atoms with Crippen molar-refractivity contribution >= 4 is 18.3 Å².